The molecule has 0 radical (unpaired) electrons. The SMILES string of the molecule is CCc1cc(C(=O)N2CCCC(C(=O)Cc3ccccc3)C2)ccn1. The van der Waals surface area contributed by atoms with Crippen LogP contribution in [0.4, 0.5) is 0 Å². The van der Waals surface area contributed by atoms with Crippen molar-refractivity contribution in [3.63, 3.8) is 0 Å². The Balaban J connectivity index is 1.66. The Morgan fingerprint density at radius 3 is 2.76 bits per heavy atom. The van der Waals surface area contributed by atoms with Gasteiger partial charge < -0.3 is 4.90 Å². The van der Waals surface area contributed by atoms with Gasteiger partial charge in [0, 0.05) is 42.9 Å². The largest absolute Gasteiger partial charge is 0.338 e. The van der Waals surface area contributed by atoms with Gasteiger partial charge >= 0.3 is 0 Å². The number of aromatic nitrogens is 1. The summed E-state index contributed by atoms with van der Waals surface area (Å²) < 4.78 is 0. The van der Waals surface area contributed by atoms with Gasteiger partial charge in [0.25, 0.3) is 5.91 Å². The van der Waals surface area contributed by atoms with E-state index < -0.39 is 0 Å². The molecule has 1 fully saturated rings. The number of carbonyl (C=O) groups is 2. The van der Waals surface area contributed by atoms with Crippen LogP contribution in [0.2, 0.25) is 0 Å². The highest BCUT2D eigenvalue weighted by Crippen LogP contribution is 2.21. The van der Waals surface area contributed by atoms with Crippen LogP contribution in [0.15, 0.2) is 48.7 Å². The molecule has 0 bridgehead atoms. The topological polar surface area (TPSA) is 50.3 Å². The number of nitrogens with zero attached hydrogens (tertiary/aromatic N) is 2. The van der Waals surface area contributed by atoms with Crippen molar-refractivity contribution in [3.05, 3.63) is 65.5 Å². The number of amides is 1. The van der Waals surface area contributed by atoms with Gasteiger partial charge in [0.1, 0.15) is 5.78 Å². The second-order valence-electron chi connectivity index (χ2n) is 6.61. The van der Waals surface area contributed by atoms with Crippen molar-refractivity contribution in [1.29, 1.82) is 0 Å². The van der Waals surface area contributed by atoms with E-state index in [0.717, 1.165) is 37.1 Å². The number of likely N-dealkylation sites (tertiary alicyclic amines) is 1. The lowest BCUT2D eigenvalue weighted by atomic mass is 9.90. The molecule has 0 spiro atoms. The molecule has 1 unspecified atom stereocenters. The lowest BCUT2D eigenvalue weighted by molar-refractivity contribution is -0.123. The highest BCUT2D eigenvalue weighted by atomic mass is 16.2. The highest BCUT2D eigenvalue weighted by Gasteiger charge is 2.28. The lowest BCUT2D eigenvalue weighted by Crippen LogP contribution is -2.42. The first-order valence-corrected chi connectivity index (χ1v) is 8.98. The van der Waals surface area contributed by atoms with Crippen LogP contribution in [-0.4, -0.2) is 34.7 Å². The highest BCUT2D eigenvalue weighted by molar-refractivity contribution is 5.95. The molecule has 25 heavy (non-hydrogen) atoms. The molecule has 1 saturated heterocycles. The van der Waals surface area contributed by atoms with E-state index in [1.165, 1.54) is 0 Å². The number of benzene rings is 1. The fourth-order valence-electron chi connectivity index (χ4n) is 3.35. The molecule has 4 nitrogen and oxygen atoms in total. The van der Waals surface area contributed by atoms with E-state index in [2.05, 4.69) is 4.98 Å². The third-order valence-corrected chi connectivity index (χ3v) is 4.81. The Hall–Kier alpha value is -2.49. The monoisotopic (exact) mass is 336 g/mol. The number of aryl methyl sites for hydroxylation is 1. The maximum atomic E-state index is 12.8. The van der Waals surface area contributed by atoms with E-state index in [1.807, 2.05) is 48.2 Å². The molecule has 1 aromatic heterocycles. The Morgan fingerprint density at radius 2 is 2.00 bits per heavy atom. The van der Waals surface area contributed by atoms with E-state index >= 15 is 0 Å². The molecular weight excluding hydrogens is 312 g/mol. The number of pyridine rings is 1. The van der Waals surface area contributed by atoms with Crippen LogP contribution < -0.4 is 0 Å². The van der Waals surface area contributed by atoms with Crippen LogP contribution in [0.5, 0.6) is 0 Å². The van der Waals surface area contributed by atoms with Gasteiger partial charge in [-0.05, 0) is 37.0 Å². The molecular formula is C21H24N2O2. The molecule has 3 rings (SSSR count). The first-order chi connectivity index (χ1) is 12.2. The molecule has 1 aliphatic heterocycles. The normalized spacial score (nSPS) is 17.3. The number of piperidine rings is 1. The number of hydrogen-bond acceptors (Lipinski definition) is 3. The van der Waals surface area contributed by atoms with Crippen LogP contribution in [0.25, 0.3) is 0 Å². The van der Waals surface area contributed by atoms with E-state index in [9.17, 15) is 9.59 Å². The van der Waals surface area contributed by atoms with Gasteiger partial charge in [-0.1, -0.05) is 37.3 Å². The second kappa shape index (κ2) is 8.06. The summed E-state index contributed by atoms with van der Waals surface area (Å²) in [7, 11) is 0. The number of hydrogen-bond donors (Lipinski definition) is 0. The van der Waals surface area contributed by atoms with Crippen molar-refractivity contribution in [1.82, 2.24) is 9.88 Å². The molecule has 0 aliphatic carbocycles. The number of ketones is 1. The summed E-state index contributed by atoms with van der Waals surface area (Å²) in [5.41, 5.74) is 2.63. The van der Waals surface area contributed by atoms with Crippen LogP contribution in [0.3, 0.4) is 0 Å². The van der Waals surface area contributed by atoms with E-state index in [-0.39, 0.29) is 17.6 Å². The van der Waals surface area contributed by atoms with Gasteiger partial charge in [0.05, 0.1) is 0 Å². The molecule has 1 aliphatic rings. The standard InChI is InChI=1S/C21H24N2O2/c1-2-19-14-17(10-11-22-19)21(25)23-12-6-9-18(15-23)20(24)13-16-7-4-3-5-8-16/h3-5,7-8,10-11,14,18H,2,6,9,12-13,15H2,1H3. The fourth-order valence-corrected chi connectivity index (χ4v) is 3.35. The predicted molar refractivity (Wildman–Crippen MR) is 97.4 cm³/mol. The maximum Gasteiger partial charge on any atom is 0.253 e. The lowest BCUT2D eigenvalue weighted by Gasteiger charge is -2.32. The average molecular weight is 336 g/mol. The summed E-state index contributed by atoms with van der Waals surface area (Å²) in [6.45, 7) is 3.27. The molecule has 2 aromatic rings. The Kier molecular flexibility index (Phi) is 5.59. The molecule has 1 amide bonds. The molecule has 0 saturated carbocycles. The van der Waals surface area contributed by atoms with Gasteiger partial charge in [-0.3, -0.25) is 14.6 Å². The van der Waals surface area contributed by atoms with Crippen LogP contribution >= 0.6 is 0 Å². The summed E-state index contributed by atoms with van der Waals surface area (Å²) in [5, 5.41) is 0. The van der Waals surface area contributed by atoms with E-state index in [1.54, 1.807) is 12.3 Å². The minimum Gasteiger partial charge on any atom is -0.338 e. The quantitative estimate of drug-likeness (QED) is 0.842. The summed E-state index contributed by atoms with van der Waals surface area (Å²) in [6, 6.07) is 13.4. The van der Waals surface area contributed by atoms with Crippen molar-refractivity contribution in [2.24, 2.45) is 5.92 Å². The van der Waals surface area contributed by atoms with E-state index in [4.69, 9.17) is 0 Å². The molecule has 1 atom stereocenters. The number of rotatable bonds is 5. The van der Waals surface area contributed by atoms with Crippen molar-refractivity contribution in [2.75, 3.05) is 13.1 Å². The average Bonchev–Trinajstić information content (AvgIpc) is 2.68. The summed E-state index contributed by atoms with van der Waals surface area (Å²) >= 11 is 0. The number of Topliss-reactive ketones (excluding diaryl/α,β-unsaturated/α-hetero) is 1. The van der Waals surface area contributed by atoms with Gasteiger partial charge in [0.2, 0.25) is 0 Å². The van der Waals surface area contributed by atoms with Gasteiger partial charge in [-0.2, -0.15) is 0 Å². The van der Waals surface area contributed by atoms with Crippen LogP contribution in [0.1, 0.15) is 41.4 Å². The van der Waals surface area contributed by atoms with Gasteiger partial charge in [-0.15, -0.1) is 0 Å². The molecule has 4 heteroatoms. The summed E-state index contributed by atoms with van der Waals surface area (Å²) in [4.78, 5) is 31.5. The minimum absolute atomic E-state index is 0.00862. The second-order valence-corrected chi connectivity index (χ2v) is 6.61. The maximum absolute atomic E-state index is 12.8. The van der Waals surface area contributed by atoms with Crippen molar-refractivity contribution in [2.45, 2.75) is 32.6 Å². The Bertz CT molecular complexity index is 743. The van der Waals surface area contributed by atoms with Crippen molar-refractivity contribution >= 4 is 11.7 Å². The van der Waals surface area contributed by atoms with Gasteiger partial charge in [0.15, 0.2) is 0 Å². The zero-order chi connectivity index (χ0) is 17.6. The fraction of sp³-hybridized carbons (Fsp3) is 0.381. The van der Waals surface area contributed by atoms with Crippen molar-refractivity contribution < 1.29 is 9.59 Å². The molecule has 1 aromatic carbocycles. The molecule has 2 heterocycles. The Morgan fingerprint density at radius 1 is 1.20 bits per heavy atom. The third kappa shape index (κ3) is 4.32. The summed E-state index contributed by atoms with van der Waals surface area (Å²) in [5.74, 6) is 0.173. The number of carbonyl (C=O) groups excluding carboxylic acids is 2. The first-order valence-electron chi connectivity index (χ1n) is 8.98. The van der Waals surface area contributed by atoms with Gasteiger partial charge in [-0.25, -0.2) is 0 Å². The summed E-state index contributed by atoms with van der Waals surface area (Å²) in [6.07, 6.45) is 4.69. The van der Waals surface area contributed by atoms with E-state index in [0.29, 0.717) is 18.5 Å². The van der Waals surface area contributed by atoms with Crippen LogP contribution in [0, 0.1) is 5.92 Å². The minimum atomic E-state index is -0.0645. The smallest absolute Gasteiger partial charge is 0.253 e. The van der Waals surface area contributed by atoms with Crippen LogP contribution in [-0.2, 0) is 17.6 Å². The predicted octanol–water partition coefficient (Wildman–Crippen LogP) is 3.31. The zero-order valence-corrected chi connectivity index (χ0v) is 14.6. The molecule has 0 N–H and O–H groups in total. The van der Waals surface area contributed by atoms with Crippen molar-refractivity contribution in [3.8, 4) is 0 Å². The third-order valence-electron chi connectivity index (χ3n) is 4.81. The first kappa shape index (κ1) is 17.3. The Labute approximate surface area is 148 Å². The zero-order valence-electron chi connectivity index (χ0n) is 14.6. The molecule has 130 valence electrons.